The Morgan fingerprint density at radius 2 is 0.783 bits per heavy atom. The van der Waals surface area contributed by atoms with E-state index in [1.165, 1.54) is 0 Å². The van der Waals surface area contributed by atoms with Gasteiger partial charge in [-0.1, -0.05) is 0 Å². The van der Waals surface area contributed by atoms with Gasteiger partial charge in [-0.2, -0.15) is 0 Å². The first-order valence-corrected chi connectivity index (χ1v) is 15.3. The highest BCUT2D eigenvalue weighted by molar-refractivity contribution is 6.30. The summed E-state index contributed by atoms with van der Waals surface area (Å²) >= 11 is 0. The topological polar surface area (TPSA) is 114 Å². The van der Waals surface area contributed by atoms with Crippen LogP contribution in [0.25, 0.3) is 11.4 Å². The number of carbonyl (C=O) groups is 2. The molecule has 250 valence electrons. The van der Waals surface area contributed by atoms with E-state index >= 15 is 0 Å². The molecule has 0 saturated heterocycles. The van der Waals surface area contributed by atoms with Crippen molar-refractivity contribution < 1.29 is 47.5 Å². The fourth-order valence-corrected chi connectivity index (χ4v) is 5.16. The smallest absolute Gasteiger partial charge is 0.261 e. The summed E-state index contributed by atoms with van der Waals surface area (Å²) in [7, 11) is 6.42. The second-order valence-corrected chi connectivity index (χ2v) is 10.3. The van der Waals surface area contributed by atoms with Crippen LogP contribution in [0.2, 0.25) is 0 Å². The monoisotopic (exact) mass is 640 g/mol. The number of hydrogen-bond acceptors (Lipinski definition) is 10. The Bertz CT molecular complexity index is 1240. The highest BCUT2D eigenvalue weighted by Crippen LogP contribution is 2.46. The molecule has 0 aromatic heterocycles. The third-order valence-corrected chi connectivity index (χ3v) is 7.43. The van der Waals surface area contributed by atoms with Crippen LogP contribution in [0.1, 0.15) is 11.1 Å². The zero-order valence-electron chi connectivity index (χ0n) is 27.1. The lowest BCUT2D eigenvalue weighted by atomic mass is 10.0. The molecule has 0 N–H and O–H groups in total. The van der Waals surface area contributed by atoms with Crippen molar-refractivity contribution in [1.82, 2.24) is 9.80 Å². The largest absolute Gasteiger partial charge is 0.497 e. The number of ether oxygens (including phenoxy) is 8. The fraction of sp³-hybridized carbons (Fsp3) is 0.471. The molecule has 0 atom stereocenters. The number of amides is 2. The highest BCUT2D eigenvalue weighted by atomic mass is 16.5. The van der Waals surface area contributed by atoms with Gasteiger partial charge in [0.2, 0.25) is 0 Å². The lowest BCUT2D eigenvalue weighted by Crippen LogP contribution is -2.33. The van der Waals surface area contributed by atoms with Crippen molar-refractivity contribution in [3.05, 3.63) is 70.8 Å². The zero-order chi connectivity index (χ0) is 32.7. The molecule has 0 saturated carbocycles. The predicted molar refractivity (Wildman–Crippen MR) is 170 cm³/mol. The van der Waals surface area contributed by atoms with Gasteiger partial charge in [-0.3, -0.25) is 9.59 Å². The van der Waals surface area contributed by atoms with E-state index in [2.05, 4.69) is 0 Å². The SMILES string of the molecule is COCCOCCOCCN1C(=O)C2=C(c3ccc(OC)cc3)N(CCOCCOCCOC)C(=O)C2=C1c1ccc(OC)cc1. The Kier molecular flexibility index (Phi) is 14.0. The molecule has 0 aliphatic carbocycles. The van der Waals surface area contributed by atoms with Gasteiger partial charge in [-0.05, 0) is 59.7 Å². The van der Waals surface area contributed by atoms with Crippen molar-refractivity contribution >= 4 is 23.2 Å². The number of nitrogens with zero attached hydrogens (tertiary/aromatic N) is 2. The van der Waals surface area contributed by atoms with E-state index < -0.39 is 0 Å². The molecule has 4 rings (SSSR count). The quantitative estimate of drug-likeness (QED) is 0.178. The van der Waals surface area contributed by atoms with Crippen LogP contribution in [0.4, 0.5) is 0 Å². The molecular formula is C34H44N2O10. The van der Waals surface area contributed by atoms with E-state index in [0.717, 1.165) is 11.1 Å². The van der Waals surface area contributed by atoms with Crippen LogP contribution >= 0.6 is 0 Å². The summed E-state index contributed by atoms with van der Waals surface area (Å²) < 4.78 is 43.2. The minimum atomic E-state index is -0.269. The molecule has 2 heterocycles. The van der Waals surface area contributed by atoms with Crippen molar-refractivity contribution in [3.8, 4) is 11.5 Å². The van der Waals surface area contributed by atoms with Gasteiger partial charge in [0, 0.05) is 27.3 Å². The maximum absolute atomic E-state index is 14.3. The number of rotatable bonds is 22. The van der Waals surface area contributed by atoms with Gasteiger partial charge in [0.25, 0.3) is 11.8 Å². The summed E-state index contributed by atoms with van der Waals surface area (Å²) in [5.74, 6) is 0.795. The van der Waals surface area contributed by atoms with Gasteiger partial charge in [-0.25, -0.2) is 0 Å². The van der Waals surface area contributed by atoms with Crippen LogP contribution in [0.15, 0.2) is 59.7 Å². The molecular weight excluding hydrogens is 596 g/mol. The number of benzene rings is 2. The van der Waals surface area contributed by atoms with Crippen LogP contribution < -0.4 is 9.47 Å². The van der Waals surface area contributed by atoms with Crippen molar-refractivity contribution in [3.63, 3.8) is 0 Å². The van der Waals surface area contributed by atoms with Crippen molar-refractivity contribution in [2.75, 3.05) is 108 Å². The van der Waals surface area contributed by atoms with E-state index in [1.807, 2.05) is 48.5 Å². The van der Waals surface area contributed by atoms with Crippen LogP contribution in [0.5, 0.6) is 11.5 Å². The maximum atomic E-state index is 14.3. The van der Waals surface area contributed by atoms with Gasteiger partial charge in [0.1, 0.15) is 11.5 Å². The van der Waals surface area contributed by atoms with E-state index in [4.69, 9.17) is 37.9 Å². The third-order valence-electron chi connectivity index (χ3n) is 7.43. The molecule has 2 aromatic rings. The standard InChI is InChI=1S/C34H44N2O10/c1-39-17-19-45-23-21-43-15-13-35-31(25-5-9-27(41-3)10-6-25)29-30(33(35)37)32(26-7-11-28(42-4)12-8-26)36(34(29)38)14-16-44-22-24-46-20-18-40-2/h5-12H,13-24H2,1-4H3. The van der Waals surface area contributed by atoms with E-state index in [0.29, 0.717) is 86.9 Å². The van der Waals surface area contributed by atoms with E-state index in [9.17, 15) is 9.59 Å². The molecule has 12 heteroatoms. The Hall–Kier alpha value is -3.78. The van der Waals surface area contributed by atoms with Crippen LogP contribution in [-0.4, -0.2) is 129 Å². The van der Waals surface area contributed by atoms with Crippen molar-refractivity contribution in [2.45, 2.75) is 0 Å². The zero-order valence-corrected chi connectivity index (χ0v) is 27.1. The molecule has 0 unspecified atom stereocenters. The Morgan fingerprint density at radius 3 is 1.11 bits per heavy atom. The summed E-state index contributed by atoms with van der Waals surface area (Å²) in [4.78, 5) is 31.8. The summed E-state index contributed by atoms with van der Waals surface area (Å²) in [6.45, 7) is 4.54. The lowest BCUT2D eigenvalue weighted by Gasteiger charge is -2.25. The first-order chi connectivity index (χ1) is 22.5. The average molecular weight is 641 g/mol. The highest BCUT2D eigenvalue weighted by Gasteiger charge is 2.48. The number of carbonyl (C=O) groups excluding carboxylic acids is 2. The molecule has 2 aliphatic rings. The summed E-state index contributed by atoms with van der Waals surface area (Å²) in [6, 6.07) is 14.7. The predicted octanol–water partition coefficient (Wildman–Crippen LogP) is 2.87. The molecule has 2 amide bonds. The second kappa shape index (κ2) is 18.4. The lowest BCUT2D eigenvalue weighted by molar-refractivity contribution is -0.124. The maximum Gasteiger partial charge on any atom is 0.261 e. The minimum Gasteiger partial charge on any atom is -0.497 e. The molecule has 12 nitrogen and oxygen atoms in total. The van der Waals surface area contributed by atoms with Gasteiger partial charge >= 0.3 is 0 Å². The molecule has 2 aliphatic heterocycles. The van der Waals surface area contributed by atoms with Crippen molar-refractivity contribution in [1.29, 1.82) is 0 Å². The van der Waals surface area contributed by atoms with Gasteiger partial charge in [0.05, 0.1) is 103 Å². The van der Waals surface area contributed by atoms with E-state index in [1.54, 1.807) is 38.2 Å². The Morgan fingerprint density at radius 1 is 0.457 bits per heavy atom. The normalized spacial score (nSPS) is 14.6. The molecule has 0 bridgehead atoms. The number of fused-ring (bicyclic) bond motifs is 1. The summed E-state index contributed by atoms with van der Waals surface area (Å²) in [5.41, 5.74) is 3.22. The summed E-state index contributed by atoms with van der Waals surface area (Å²) in [5, 5.41) is 0. The van der Waals surface area contributed by atoms with Gasteiger partial charge in [-0.15, -0.1) is 0 Å². The molecule has 46 heavy (non-hydrogen) atoms. The average Bonchev–Trinajstić information content (AvgIpc) is 3.53. The molecule has 2 aromatic carbocycles. The minimum absolute atomic E-state index is 0.251. The van der Waals surface area contributed by atoms with E-state index in [-0.39, 0.29) is 38.1 Å². The number of hydrogen-bond donors (Lipinski definition) is 0. The first-order valence-electron chi connectivity index (χ1n) is 15.3. The third kappa shape index (κ3) is 8.72. The summed E-state index contributed by atoms with van der Waals surface area (Å²) in [6.07, 6.45) is 0. The van der Waals surface area contributed by atoms with Crippen LogP contribution in [0, 0.1) is 0 Å². The second-order valence-electron chi connectivity index (χ2n) is 10.3. The number of methoxy groups -OCH3 is 4. The first kappa shape index (κ1) is 35.1. The fourth-order valence-electron chi connectivity index (χ4n) is 5.16. The molecule has 0 radical (unpaired) electrons. The van der Waals surface area contributed by atoms with Crippen LogP contribution in [-0.2, 0) is 38.0 Å². The molecule has 0 fully saturated rings. The van der Waals surface area contributed by atoms with Crippen molar-refractivity contribution in [2.24, 2.45) is 0 Å². The van der Waals surface area contributed by atoms with Crippen LogP contribution in [0.3, 0.4) is 0 Å². The Labute approximate surface area is 270 Å². The Balaban J connectivity index is 1.62. The van der Waals surface area contributed by atoms with Gasteiger partial charge < -0.3 is 47.7 Å². The molecule has 0 spiro atoms. The van der Waals surface area contributed by atoms with Gasteiger partial charge in [0.15, 0.2) is 0 Å².